The summed E-state index contributed by atoms with van der Waals surface area (Å²) in [4.78, 5) is 38.9. The number of aryl methyl sites for hydroxylation is 1. The summed E-state index contributed by atoms with van der Waals surface area (Å²) < 4.78 is 0. The van der Waals surface area contributed by atoms with Gasteiger partial charge in [-0.15, -0.1) is 0 Å². The highest BCUT2D eigenvalue weighted by Gasteiger charge is 2.55. The van der Waals surface area contributed by atoms with E-state index in [9.17, 15) is 14.4 Å². The van der Waals surface area contributed by atoms with Crippen LogP contribution in [0.15, 0.2) is 36.4 Å². The Hall–Kier alpha value is -2.28. The Balaban J connectivity index is 1.53. The van der Waals surface area contributed by atoms with Crippen molar-refractivity contribution in [2.24, 2.45) is 0 Å². The van der Waals surface area contributed by atoms with Crippen LogP contribution in [0.2, 0.25) is 15.1 Å². The van der Waals surface area contributed by atoms with E-state index in [2.05, 4.69) is 10.6 Å². The SMILES string of the molecule is O=C(CN1C(=O)N[C@@]2(CCc3ccccc32)C1=O)Nc1cc(Cl)c(Cl)cc1Cl. The van der Waals surface area contributed by atoms with Gasteiger partial charge in [0.05, 0.1) is 20.8 Å². The molecule has 2 aliphatic rings. The molecule has 144 valence electrons. The number of hydrogen-bond donors (Lipinski definition) is 2. The van der Waals surface area contributed by atoms with Crippen LogP contribution in [0.3, 0.4) is 0 Å². The number of amides is 4. The van der Waals surface area contributed by atoms with Crippen molar-refractivity contribution in [2.75, 3.05) is 11.9 Å². The van der Waals surface area contributed by atoms with Gasteiger partial charge in [-0.05, 0) is 36.1 Å². The molecule has 1 aliphatic carbocycles. The number of nitrogens with zero attached hydrogens (tertiary/aromatic N) is 1. The highest BCUT2D eigenvalue weighted by molar-refractivity contribution is 6.44. The van der Waals surface area contributed by atoms with Crippen molar-refractivity contribution in [3.8, 4) is 0 Å². The zero-order valence-corrected chi connectivity index (χ0v) is 16.7. The van der Waals surface area contributed by atoms with Crippen LogP contribution in [0.25, 0.3) is 0 Å². The van der Waals surface area contributed by atoms with Gasteiger partial charge in [-0.2, -0.15) is 0 Å². The van der Waals surface area contributed by atoms with E-state index >= 15 is 0 Å². The molecule has 0 saturated carbocycles. The normalized spacial score (nSPS) is 20.5. The van der Waals surface area contributed by atoms with Crippen LogP contribution in [0.4, 0.5) is 10.5 Å². The minimum absolute atomic E-state index is 0.196. The first-order valence-electron chi connectivity index (χ1n) is 8.49. The highest BCUT2D eigenvalue weighted by Crippen LogP contribution is 2.41. The molecule has 2 aromatic rings. The third-order valence-corrected chi connectivity index (χ3v) is 6.04. The standard InChI is InChI=1S/C19H14Cl3N3O3/c20-12-7-14(22)15(8-13(12)21)23-16(26)9-25-17(27)19(24-18(25)28)6-5-10-3-1-2-4-11(10)19/h1-4,7-8H,5-6,9H2,(H,23,26)(H,24,28)/t19-/m1/s1. The van der Waals surface area contributed by atoms with Crippen LogP contribution < -0.4 is 10.6 Å². The van der Waals surface area contributed by atoms with E-state index in [0.717, 1.165) is 16.0 Å². The molecule has 0 unspecified atom stereocenters. The second kappa shape index (κ2) is 6.95. The fraction of sp³-hybridized carbons (Fsp3) is 0.211. The average Bonchev–Trinajstić information content (AvgIpc) is 3.13. The van der Waals surface area contributed by atoms with Gasteiger partial charge in [0.15, 0.2) is 0 Å². The molecule has 1 aliphatic heterocycles. The number of fused-ring (bicyclic) bond motifs is 2. The summed E-state index contributed by atoms with van der Waals surface area (Å²) in [7, 11) is 0. The van der Waals surface area contributed by atoms with Crippen molar-refractivity contribution in [1.29, 1.82) is 0 Å². The minimum atomic E-state index is -1.10. The number of nitrogens with one attached hydrogen (secondary N) is 2. The third kappa shape index (κ3) is 3.02. The monoisotopic (exact) mass is 437 g/mol. The summed E-state index contributed by atoms with van der Waals surface area (Å²) >= 11 is 17.9. The van der Waals surface area contributed by atoms with Crippen molar-refractivity contribution in [1.82, 2.24) is 10.2 Å². The van der Waals surface area contributed by atoms with Crippen LogP contribution in [-0.4, -0.2) is 29.3 Å². The van der Waals surface area contributed by atoms with E-state index in [4.69, 9.17) is 34.8 Å². The number of anilines is 1. The Morgan fingerprint density at radius 2 is 1.82 bits per heavy atom. The molecule has 0 aromatic heterocycles. The molecule has 2 N–H and O–H groups in total. The largest absolute Gasteiger partial charge is 0.325 e. The average molecular weight is 439 g/mol. The van der Waals surface area contributed by atoms with E-state index in [0.29, 0.717) is 12.8 Å². The Kier molecular flexibility index (Phi) is 4.73. The van der Waals surface area contributed by atoms with Crippen molar-refractivity contribution in [2.45, 2.75) is 18.4 Å². The third-order valence-electron chi connectivity index (χ3n) is 5.01. The number of halogens is 3. The van der Waals surface area contributed by atoms with Crippen LogP contribution >= 0.6 is 34.8 Å². The molecule has 1 saturated heterocycles. The molecule has 9 heteroatoms. The van der Waals surface area contributed by atoms with E-state index in [-0.39, 0.29) is 20.8 Å². The fourth-order valence-corrected chi connectivity index (χ4v) is 4.28. The van der Waals surface area contributed by atoms with Crippen LogP contribution in [-0.2, 0) is 21.5 Å². The van der Waals surface area contributed by atoms with Crippen LogP contribution in [0.1, 0.15) is 17.5 Å². The van der Waals surface area contributed by atoms with Crippen molar-refractivity contribution in [3.63, 3.8) is 0 Å². The Morgan fingerprint density at radius 3 is 2.61 bits per heavy atom. The topological polar surface area (TPSA) is 78.5 Å². The van der Waals surface area contributed by atoms with Gasteiger partial charge in [-0.25, -0.2) is 4.79 Å². The zero-order valence-electron chi connectivity index (χ0n) is 14.4. The Labute approximate surface area is 175 Å². The van der Waals surface area contributed by atoms with E-state index in [1.54, 1.807) is 0 Å². The van der Waals surface area contributed by atoms with Gasteiger partial charge in [0.1, 0.15) is 12.1 Å². The molecule has 4 amide bonds. The van der Waals surface area contributed by atoms with Crippen LogP contribution in [0, 0.1) is 0 Å². The summed E-state index contributed by atoms with van der Waals surface area (Å²) in [6.45, 7) is -0.439. The number of hydrogen-bond acceptors (Lipinski definition) is 3. The lowest BCUT2D eigenvalue weighted by molar-refractivity contribution is -0.134. The summed E-state index contributed by atoms with van der Waals surface area (Å²) in [6.07, 6.45) is 1.15. The molecule has 0 radical (unpaired) electrons. The predicted octanol–water partition coefficient (Wildman–Crippen LogP) is 3.98. The molecular formula is C19H14Cl3N3O3. The lowest BCUT2D eigenvalue weighted by atomic mass is 9.92. The second-order valence-corrected chi connectivity index (χ2v) is 7.90. The highest BCUT2D eigenvalue weighted by atomic mass is 35.5. The summed E-state index contributed by atoms with van der Waals surface area (Å²) in [5.74, 6) is -1.01. The van der Waals surface area contributed by atoms with E-state index in [1.807, 2.05) is 24.3 Å². The lowest BCUT2D eigenvalue weighted by Crippen LogP contribution is -2.43. The Morgan fingerprint density at radius 1 is 1.11 bits per heavy atom. The molecule has 1 fully saturated rings. The summed E-state index contributed by atoms with van der Waals surface area (Å²) in [6, 6.07) is 9.70. The number of benzene rings is 2. The second-order valence-electron chi connectivity index (χ2n) is 6.68. The van der Waals surface area contributed by atoms with Gasteiger partial charge in [0, 0.05) is 0 Å². The number of carbonyl (C=O) groups excluding carboxylic acids is 3. The minimum Gasteiger partial charge on any atom is -0.323 e. The van der Waals surface area contributed by atoms with Crippen molar-refractivity contribution < 1.29 is 14.4 Å². The van der Waals surface area contributed by atoms with E-state index < -0.39 is 29.9 Å². The number of urea groups is 1. The molecule has 2 aromatic carbocycles. The molecule has 0 bridgehead atoms. The molecular weight excluding hydrogens is 425 g/mol. The summed E-state index contributed by atoms with van der Waals surface area (Å²) in [5, 5.41) is 6.00. The fourth-order valence-electron chi connectivity index (χ4n) is 3.68. The molecule has 28 heavy (non-hydrogen) atoms. The predicted molar refractivity (Wildman–Crippen MR) is 107 cm³/mol. The first-order valence-corrected chi connectivity index (χ1v) is 9.62. The number of imide groups is 1. The van der Waals surface area contributed by atoms with Gasteiger partial charge in [0.2, 0.25) is 5.91 Å². The van der Waals surface area contributed by atoms with Gasteiger partial charge in [0.25, 0.3) is 5.91 Å². The first kappa shape index (κ1) is 19.1. The first-order chi connectivity index (χ1) is 13.3. The van der Waals surface area contributed by atoms with Gasteiger partial charge >= 0.3 is 6.03 Å². The van der Waals surface area contributed by atoms with Crippen molar-refractivity contribution in [3.05, 3.63) is 62.6 Å². The van der Waals surface area contributed by atoms with E-state index in [1.165, 1.54) is 12.1 Å². The maximum absolute atomic E-state index is 13.1. The number of carbonyl (C=O) groups is 3. The van der Waals surface area contributed by atoms with Crippen LogP contribution in [0.5, 0.6) is 0 Å². The van der Waals surface area contributed by atoms with Gasteiger partial charge in [-0.1, -0.05) is 59.1 Å². The number of rotatable bonds is 3. The zero-order chi connectivity index (χ0) is 20.1. The summed E-state index contributed by atoms with van der Waals surface area (Å²) in [5.41, 5.74) is 0.942. The lowest BCUT2D eigenvalue weighted by Gasteiger charge is -2.22. The maximum Gasteiger partial charge on any atom is 0.325 e. The van der Waals surface area contributed by atoms with Gasteiger partial charge in [-0.3, -0.25) is 14.5 Å². The molecule has 6 nitrogen and oxygen atoms in total. The maximum atomic E-state index is 13.1. The molecule has 1 spiro atoms. The molecule has 1 atom stereocenters. The smallest absolute Gasteiger partial charge is 0.323 e. The quantitative estimate of drug-likeness (QED) is 0.562. The molecule has 1 heterocycles. The Bertz CT molecular complexity index is 1030. The van der Waals surface area contributed by atoms with Gasteiger partial charge < -0.3 is 10.6 Å². The molecule has 4 rings (SSSR count). The van der Waals surface area contributed by atoms with Crippen molar-refractivity contribution >= 4 is 58.3 Å².